The van der Waals surface area contributed by atoms with Gasteiger partial charge < -0.3 is 14.1 Å². The van der Waals surface area contributed by atoms with Crippen LogP contribution in [0.2, 0.25) is 0 Å². The molecule has 2 aromatic heterocycles. The van der Waals surface area contributed by atoms with Crippen LogP contribution in [0.3, 0.4) is 0 Å². The topological polar surface area (TPSA) is 58.8 Å². The second-order valence-electron chi connectivity index (χ2n) is 7.24. The molecule has 6 heteroatoms. The number of amides is 1. The van der Waals surface area contributed by atoms with Crippen LogP contribution in [0.5, 0.6) is 0 Å². The quantitative estimate of drug-likeness (QED) is 0.843. The molecule has 138 valence electrons. The Hall–Kier alpha value is -2.18. The number of carbonyl (C=O) groups is 1. The Morgan fingerprint density at radius 1 is 1.38 bits per heavy atom. The molecule has 3 atom stereocenters. The maximum absolute atomic E-state index is 13.1. The first kappa shape index (κ1) is 17.2. The van der Waals surface area contributed by atoms with E-state index in [0.29, 0.717) is 17.2 Å². The normalized spacial score (nSPS) is 26.1. The zero-order valence-corrected chi connectivity index (χ0v) is 15.3. The third-order valence-corrected chi connectivity index (χ3v) is 5.72. The summed E-state index contributed by atoms with van der Waals surface area (Å²) in [6, 6.07) is 6.01. The van der Waals surface area contributed by atoms with Gasteiger partial charge in [0.15, 0.2) is 0 Å². The summed E-state index contributed by atoms with van der Waals surface area (Å²) in [6.07, 6.45) is 6.37. The molecule has 1 amide bonds. The Morgan fingerprint density at radius 2 is 2.27 bits per heavy atom. The van der Waals surface area contributed by atoms with Crippen molar-refractivity contribution in [3.8, 4) is 0 Å². The second kappa shape index (κ2) is 7.21. The zero-order chi connectivity index (χ0) is 18.1. The predicted octanol–water partition coefficient (Wildman–Crippen LogP) is 2.34. The van der Waals surface area contributed by atoms with Crippen molar-refractivity contribution in [2.45, 2.75) is 32.0 Å². The number of ether oxygens (including phenoxy) is 1. The van der Waals surface area contributed by atoms with Crippen LogP contribution in [0.25, 0.3) is 0 Å². The molecule has 0 radical (unpaired) electrons. The van der Waals surface area contributed by atoms with Crippen LogP contribution < -0.4 is 0 Å². The van der Waals surface area contributed by atoms with Gasteiger partial charge in [0.25, 0.3) is 5.91 Å². The molecule has 0 spiro atoms. The number of hydrogen-bond acceptors (Lipinski definition) is 5. The summed E-state index contributed by atoms with van der Waals surface area (Å²) in [5.41, 5.74) is 1.87. The number of fused-ring (bicyclic) bond motifs is 1. The second-order valence-corrected chi connectivity index (χ2v) is 7.24. The first-order valence-electron chi connectivity index (χ1n) is 9.16. The molecular formula is C20H25N3O3. The van der Waals surface area contributed by atoms with Crippen molar-refractivity contribution in [2.75, 3.05) is 26.7 Å². The molecule has 4 heterocycles. The number of aromatic nitrogens is 1. The number of likely N-dealkylation sites (tertiary alicyclic amines) is 2. The summed E-state index contributed by atoms with van der Waals surface area (Å²) < 4.78 is 11.1. The highest BCUT2D eigenvalue weighted by Crippen LogP contribution is 2.34. The third-order valence-electron chi connectivity index (χ3n) is 5.72. The van der Waals surface area contributed by atoms with Gasteiger partial charge in [0.1, 0.15) is 5.76 Å². The Labute approximate surface area is 153 Å². The Balaban J connectivity index is 1.54. The molecule has 0 unspecified atom stereocenters. The molecule has 4 rings (SSSR count). The van der Waals surface area contributed by atoms with Gasteiger partial charge in [-0.25, -0.2) is 0 Å². The van der Waals surface area contributed by atoms with E-state index in [2.05, 4.69) is 16.0 Å². The molecule has 2 aliphatic heterocycles. The maximum atomic E-state index is 13.1. The lowest BCUT2D eigenvalue weighted by atomic mass is 9.88. The van der Waals surface area contributed by atoms with Crippen LogP contribution >= 0.6 is 0 Å². The lowest BCUT2D eigenvalue weighted by Gasteiger charge is -2.41. The van der Waals surface area contributed by atoms with Crippen LogP contribution in [-0.4, -0.2) is 59.6 Å². The first-order chi connectivity index (χ1) is 12.7. The van der Waals surface area contributed by atoms with Gasteiger partial charge in [-0.15, -0.1) is 0 Å². The van der Waals surface area contributed by atoms with Crippen molar-refractivity contribution in [3.05, 3.63) is 53.7 Å². The van der Waals surface area contributed by atoms with Crippen molar-refractivity contribution in [1.29, 1.82) is 0 Å². The average Bonchev–Trinajstić information content (AvgIpc) is 3.27. The lowest BCUT2D eigenvalue weighted by Crippen LogP contribution is -2.53. The standard InChI is InChI=1S/C20H25N3O3/c1-14-16(6-9-26-14)20(24)23-8-5-19(25-2)17-12-22(13-18(17)23)11-15-4-3-7-21-10-15/h3-4,6-7,9-10,17-19H,5,8,11-13H2,1-2H3/t17-,18+,19-/m0/s1. The van der Waals surface area contributed by atoms with E-state index >= 15 is 0 Å². The summed E-state index contributed by atoms with van der Waals surface area (Å²) in [6.45, 7) is 5.22. The predicted molar refractivity (Wildman–Crippen MR) is 96.7 cm³/mol. The van der Waals surface area contributed by atoms with Gasteiger partial charge in [-0.2, -0.15) is 0 Å². The number of aryl methyl sites for hydroxylation is 1. The zero-order valence-electron chi connectivity index (χ0n) is 15.3. The van der Waals surface area contributed by atoms with E-state index in [1.165, 1.54) is 5.56 Å². The highest BCUT2D eigenvalue weighted by molar-refractivity contribution is 5.95. The van der Waals surface area contributed by atoms with E-state index in [9.17, 15) is 4.79 Å². The molecule has 2 aliphatic rings. The van der Waals surface area contributed by atoms with Gasteiger partial charge in [-0.1, -0.05) is 6.07 Å². The molecule has 0 aromatic carbocycles. The van der Waals surface area contributed by atoms with E-state index in [4.69, 9.17) is 9.15 Å². The van der Waals surface area contributed by atoms with Crippen molar-refractivity contribution in [2.24, 2.45) is 5.92 Å². The molecule has 6 nitrogen and oxygen atoms in total. The fourth-order valence-electron chi connectivity index (χ4n) is 4.42. The van der Waals surface area contributed by atoms with Crippen molar-refractivity contribution in [1.82, 2.24) is 14.8 Å². The Bertz CT molecular complexity index is 761. The molecular weight excluding hydrogens is 330 g/mol. The smallest absolute Gasteiger partial charge is 0.257 e. The van der Waals surface area contributed by atoms with E-state index in [-0.39, 0.29) is 18.1 Å². The molecule has 0 saturated carbocycles. The maximum Gasteiger partial charge on any atom is 0.257 e. The van der Waals surface area contributed by atoms with Crippen molar-refractivity contribution in [3.63, 3.8) is 0 Å². The molecule has 2 saturated heterocycles. The monoisotopic (exact) mass is 355 g/mol. The molecule has 0 N–H and O–H groups in total. The summed E-state index contributed by atoms with van der Waals surface area (Å²) in [7, 11) is 1.78. The minimum absolute atomic E-state index is 0.0732. The minimum atomic E-state index is 0.0732. The summed E-state index contributed by atoms with van der Waals surface area (Å²) >= 11 is 0. The molecule has 0 aliphatic carbocycles. The van der Waals surface area contributed by atoms with Gasteiger partial charge >= 0.3 is 0 Å². The number of nitrogens with zero attached hydrogens (tertiary/aromatic N) is 3. The van der Waals surface area contributed by atoms with Crippen molar-refractivity contribution >= 4 is 5.91 Å². The lowest BCUT2D eigenvalue weighted by molar-refractivity contribution is -0.0157. The van der Waals surface area contributed by atoms with Crippen LogP contribution in [-0.2, 0) is 11.3 Å². The van der Waals surface area contributed by atoms with Crippen molar-refractivity contribution < 1.29 is 13.9 Å². The van der Waals surface area contributed by atoms with Gasteiger partial charge in [-0.05, 0) is 31.0 Å². The number of furan rings is 1. The number of hydrogen-bond donors (Lipinski definition) is 0. The van der Waals surface area contributed by atoms with E-state index < -0.39 is 0 Å². The minimum Gasteiger partial charge on any atom is -0.469 e. The number of pyridine rings is 1. The number of methoxy groups -OCH3 is 1. The highest BCUT2D eigenvalue weighted by atomic mass is 16.5. The molecule has 2 aromatic rings. The first-order valence-corrected chi connectivity index (χ1v) is 9.16. The van der Waals surface area contributed by atoms with E-state index in [1.54, 1.807) is 25.6 Å². The number of carbonyl (C=O) groups excluding carboxylic acids is 1. The summed E-state index contributed by atoms with van der Waals surface area (Å²) in [5, 5.41) is 0. The van der Waals surface area contributed by atoms with Crippen LogP contribution in [0.15, 0.2) is 41.3 Å². The number of rotatable bonds is 4. The Morgan fingerprint density at radius 3 is 2.96 bits per heavy atom. The van der Waals surface area contributed by atoms with Gasteiger partial charge in [0, 0.05) is 51.6 Å². The van der Waals surface area contributed by atoms with Crippen LogP contribution in [0, 0.1) is 12.8 Å². The van der Waals surface area contributed by atoms with Gasteiger partial charge in [-0.3, -0.25) is 14.7 Å². The SMILES string of the molecule is CO[C@H]1CCN(C(=O)c2ccoc2C)[C@@H]2CN(Cc3cccnc3)C[C@H]12. The largest absolute Gasteiger partial charge is 0.469 e. The Kier molecular flexibility index (Phi) is 4.78. The molecule has 0 bridgehead atoms. The van der Waals surface area contributed by atoms with E-state index in [1.807, 2.05) is 24.1 Å². The van der Waals surface area contributed by atoms with E-state index in [0.717, 1.165) is 32.6 Å². The number of piperidine rings is 1. The third kappa shape index (κ3) is 3.15. The van der Waals surface area contributed by atoms with Crippen LogP contribution in [0.1, 0.15) is 28.1 Å². The molecule has 2 fully saturated rings. The fourth-order valence-corrected chi connectivity index (χ4v) is 4.42. The fraction of sp³-hybridized carbons (Fsp3) is 0.500. The summed E-state index contributed by atoms with van der Waals surface area (Å²) in [4.78, 5) is 21.7. The van der Waals surface area contributed by atoms with Crippen LogP contribution in [0.4, 0.5) is 0 Å². The van der Waals surface area contributed by atoms with Gasteiger partial charge in [0.2, 0.25) is 0 Å². The highest BCUT2D eigenvalue weighted by Gasteiger charge is 2.46. The molecule has 26 heavy (non-hydrogen) atoms. The average molecular weight is 355 g/mol. The summed E-state index contributed by atoms with van der Waals surface area (Å²) in [5.74, 6) is 1.09. The van der Waals surface area contributed by atoms with Gasteiger partial charge in [0.05, 0.1) is 24.0 Å².